The fourth-order valence-electron chi connectivity index (χ4n) is 2.36. The van der Waals surface area contributed by atoms with Crippen molar-refractivity contribution in [3.63, 3.8) is 0 Å². The highest BCUT2D eigenvalue weighted by Crippen LogP contribution is 2.13. The number of nitrogens with one attached hydrogen (secondary N) is 1. The molecule has 0 fully saturated rings. The Morgan fingerprint density at radius 2 is 1.92 bits per heavy atom. The molecule has 2 N–H and O–H groups in total. The SMILES string of the molecule is CCCCC(NC(=O)c1nnn(-c2ccc(C)cc2)c1C)C(=O)O. The summed E-state index contributed by atoms with van der Waals surface area (Å²) in [7, 11) is 0. The van der Waals surface area contributed by atoms with Gasteiger partial charge < -0.3 is 10.4 Å². The molecule has 128 valence electrons. The minimum atomic E-state index is -1.04. The number of aryl methyl sites for hydroxylation is 1. The summed E-state index contributed by atoms with van der Waals surface area (Å²) in [5.74, 6) is -1.56. The Kier molecular flexibility index (Phi) is 5.68. The molecule has 24 heavy (non-hydrogen) atoms. The van der Waals surface area contributed by atoms with E-state index in [-0.39, 0.29) is 5.69 Å². The summed E-state index contributed by atoms with van der Waals surface area (Å²) >= 11 is 0. The molecule has 1 aromatic heterocycles. The van der Waals surface area contributed by atoms with E-state index in [1.807, 2.05) is 38.1 Å². The predicted molar refractivity (Wildman–Crippen MR) is 89.2 cm³/mol. The molecule has 0 aliphatic rings. The number of rotatable bonds is 7. The van der Waals surface area contributed by atoms with E-state index in [0.717, 1.165) is 24.1 Å². The van der Waals surface area contributed by atoms with Gasteiger partial charge in [-0.1, -0.05) is 42.7 Å². The molecule has 0 saturated carbocycles. The van der Waals surface area contributed by atoms with Crippen LogP contribution in [-0.4, -0.2) is 38.0 Å². The smallest absolute Gasteiger partial charge is 0.326 e. The van der Waals surface area contributed by atoms with E-state index in [1.165, 1.54) is 0 Å². The Morgan fingerprint density at radius 1 is 1.25 bits per heavy atom. The van der Waals surface area contributed by atoms with Gasteiger partial charge in [-0.15, -0.1) is 5.10 Å². The monoisotopic (exact) mass is 330 g/mol. The quantitative estimate of drug-likeness (QED) is 0.811. The zero-order chi connectivity index (χ0) is 17.7. The number of carboxylic acids is 1. The number of aliphatic carboxylic acids is 1. The minimum Gasteiger partial charge on any atom is -0.480 e. The summed E-state index contributed by atoms with van der Waals surface area (Å²) < 4.78 is 1.57. The molecule has 1 amide bonds. The average molecular weight is 330 g/mol. The van der Waals surface area contributed by atoms with E-state index in [2.05, 4.69) is 15.6 Å². The van der Waals surface area contributed by atoms with Crippen LogP contribution in [-0.2, 0) is 4.79 Å². The lowest BCUT2D eigenvalue weighted by atomic mass is 10.1. The molecule has 7 heteroatoms. The number of carbonyl (C=O) groups is 2. The van der Waals surface area contributed by atoms with Gasteiger partial charge in [0.2, 0.25) is 0 Å². The average Bonchev–Trinajstić information content (AvgIpc) is 2.93. The van der Waals surface area contributed by atoms with Crippen LogP contribution in [0.3, 0.4) is 0 Å². The number of hydrogen-bond acceptors (Lipinski definition) is 4. The number of carbonyl (C=O) groups excluding carboxylic acids is 1. The molecule has 1 aromatic carbocycles. The molecule has 1 atom stereocenters. The van der Waals surface area contributed by atoms with Crippen LogP contribution < -0.4 is 5.32 Å². The van der Waals surface area contributed by atoms with Crippen molar-refractivity contribution in [1.82, 2.24) is 20.3 Å². The Labute approximate surface area is 140 Å². The maximum atomic E-state index is 12.4. The first-order valence-electron chi connectivity index (χ1n) is 7.97. The van der Waals surface area contributed by atoms with Gasteiger partial charge in [0.05, 0.1) is 11.4 Å². The number of nitrogens with zero attached hydrogens (tertiary/aromatic N) is 3. The molecule has 1 unspecified atom stereocenters. The molecule has 0 saturated heterocycles. The van der Waals surface area contributed by atoms with Crippen LogP contribution in [0.4, 0.5) is 0 Å². The van der Waals surface area contributed by atoms with E-state index in [1.54, 1.807) is 11.6 Å². The van der Waals surface area contributed by atoms with E-state index >= 15 is 0 Å². The zero-order valence-electron chi connectivity index (χ0n) is 14.1. The largest absolute Gasteiger partial charge is 0.480 e. The van der Waals surface area contributed by atoms with Crippen molar-refractivity contribution in [2.75, 3.05) is 0 Å². The summed E-state index contributed by atoms with van der Waals surface area (Å²) in [6.45, 7) is 5.69. The second-order valence-electron chi connectivity index (χ2n) is 5.78. The number of carboxylic acid groups (broad SMARTS) is 1. The van der Waals surface area contributed by atoms with Gasteiger partial charge in [-0.05, 0) is 32.4 Å². The van der Waals surface area contributed by atoms with Crippen molar-refractivity contribution in [2.24, 2.45) is 0 Å². The van der Waals surface area contributed by atoms with Crippen LogP contribution in [0.25, 0.3) is 5.69 Å². The van der Waals surface area contributed by atoms with Gasteiger partial charge in [0.25, 0.3) is 5.91 Å². The van der Waals surface area contributed by atoms with Gasteiger partial charge in [-0.3, -0.25) is 4.79 Å². The van der Waals surface area contributed by atoms with Gasteiger partial charge in [-0.25, -0.2) is 9.48 Å². The summed E-state index contributed by atoms with van der Waals surface area (Å²) in [5.41, 5.74) is 2.62. The molecule has 1 heterocycles. The lowest BCUT2D eigenvalue weighted by Crippen LogP contribution is -2.41. The van der Waals surface area contributed by atoms with Gasteiger partial charge in [0, 0.05) is 0 Å². The number of hydrogen-bond donors (Lipinski definition) is 2. The first-order valence-corrected chi connectivity index (χ1v) is 7.97. The Bertz CT molecular complexity index is 722. The minimum absolute atomic E-state index is 0.137. The molecular weight excluding hydrogens is 308 g/mol. The van der Waals surface area contributed by atoms with Crippen LogP contribution >= 0.6 is 0 Å². The van der Waals surface area contributed by atoms with E-state index < -0.39 is 17.9 Å². The van der Waals surface area contributed by atoms with Crippen molar-refractivity contribution >= 4 is 11.9 Å². The highest BCUT2D eigenvalue weighted by atomic mass is 16.4. The van der Waals surface area contributed by atoms with Gasteiger partial charge in [-0.2, -0.15) is 0 Å². The van der Waals surface area contributed by atoms with Crippen LogP contribution in [0.2, 0.25) is 0 Å². The Morgan fingerprint density at radius 3 is 2.50 bits per heavy atom. The van der Waals surface area contributed by atoms with E-state index in [9.17, 15) is 14.7 Å². The van der Waals surface area contributed by atoms with Crippen LogP contribution in [0.5, 0.6) is 0 Å². The maximum Gasteiger partial charge on any atom is 0.326 e. The second-order valence-corrected chi connectivity index (χ2v) is 5.78. The molecule has 2 rings (SSSR count). The van der Waals surface area contributed by atoms with Crippen molar-refractivity contribution in [3.05, 3.63) is 41.2 Å². The van der Waals surface area contributed by atoms with Gasteiger partial charge in [0.1, 0.15) is 6.04 Å². The molecule has 0 aliphatic carbocycles. The summed E-state index contributed by atoms with van der Waals surface area (Å²) in [6, 6.07) is 6.75. The van der Waals surface area contributed by atoms with Gasteiger partial charge in [0.15, 0.2) is 5.69 Å². The number of amides is 1. The molecular formula is C17H22N4O3. The van der Waals surface area contributed by atoms with E-state index in [4.69, 9.17) is 0 Å². The zero-order valence-corrected chi connectivity index (χ0v) is 14.1. The summed E-state index contributed by atoms with van der Waals surface area (Å²) in [6.07, 6.45) is 1.98. The second kappa shape index (κ2) is 7.72. The Hall–Kier alpha value is -2.70. The van der Waals surface area contributed by atoms with E-state index in [0.29, 0.717) is 12.1 Å². The molecule has 0 radical (unpaired) electrons. The fourth-order valence-corrected chi connectivity index (χ4v) is 2.36. The molecule has 7 nitrogen and oxygen atoms in total. The maximum absolute atomic E-state index is 12.4. The molecule has 0 spiro atoms. The van der Waals surface area contributed by atoms with Crippen molar-refractivity contribution in [2.45, 2.75) is 46.1 Å². The predicted octanol–water partition coefficient (Wildman–Crippen LogP) is 2.26. The molecule has 0 bridgehead atoms. The fraction of sp³-hybridized carbons (Fsp3) is 0.412. The number of benzene rings is 1. The third-order valence-electron chi connectivity index (χ3n) is 3.84. The third kappa shape index (κ3) is 3.98. The lowest BCUT2D eigenvalue weighted by molar-refractivity contribution is -0.139. The lowest BCUT2D eigenvalue weighted by Gasteiger charge is -2.13. The number of aromatic nitrogens is 3. The third-order valence-corrected chi connectivity index (χ3v) is 3.84. The summed E-state index contributed by atoms with van der Waals surface area (Å²) in [5, 5.41) is 19.7. The normalized spacial score (nSPS) is 12.0. The molecule has 2 aromatic rings. The van der Waals surface area contributed by atoms with Crippen molar-refractivity contribution in [3.8, 4) is 5.69 Å². The van der Waals surface area contributed by atoms with Crippen LogP contribution in [0.15, 0.2) is 24.3 Å². The Balaban J connectivity index is 2.18. The highest BCUT2D eigenvalue weighted by molar-refractivity contribution is 5.95. The van der Waals surface area contributed by atoms with Crippen LogP contribution in [0, 0.1) is 13.8 Å². The first kappa shape index (κ1) is 17.7. The van der Waals surface area contributed by atoms with Crippen molar-refractivity contribution < 1.29 is 14.7 Å². The van der Waals surface area contributed by atoms with Gasteiger partial charge >= 0.3 is 5.97 Å². The summed E-state index contributed by atoms with van der Waals surface area (Å²) in [4.78, 5) is 23.6. The van der Waals surface area contributed by atoms with Crippen molar-refractivity contribution in [1.29, 1.82) is 0 Å². The molecule has 0 aliphatic heterocycles. The highest BCUT2D eigenvalue weighted by Gasteiger charge is 2.24. The topological polar surface area (TPSA) is 97.1 Å². The first-order chi connectivity index (χ1) is 11.4. The number of unbranched alkanes of at least 4 members (excludes halogenated alkanes) is 1. The van der Waals surface area contributed by atoms with Crippen LogP contribution in [0.1, 0.15) is 47.9 Å². The standard InChI is InChI=1S/C17H22N4O3/c1-4-5-6-14(17(23)24)18-16(22)15-12(3)21(20-19-15)13-9-7-11(2)8-10-13/h7-10,14H,4-6H2,1-3H3,(H,18,22)(H,23,24).